The van der Waals surface area contributed by atoms with Crippen LogP contribution in [0.1, 0.15) is 50.1 Å². The van der Waals surface area contributed by atoms with Crippen LogP contribution in [-0.2, 0) is 4.79 Å². The highest BCUT2D eigenvalue weighted by Crippen LogP contribution is 2.22. The molecule has 104 valence electrons. The Morgan fingerprint density at radius 1 is 1.16 bits per heavy atom. The molecule has 1 aromatic rings. The molecule has 3 nitrogen and oxygen atoms in total. The SMILES string of the molecule is O=C(O)C(NC1CCCCCC1)c1ccc(Cl)cc1. The predicted molar refractivity (Wildman–Crippen MR) is 76.5 cm³/mol. The predicted octanol–water partition coefficient (Wildman–Crippen LogP) is 3.78. The van der Waals surface area contributed by atoms with Crippen LogP contribution in [0.15, 0.2) is 24.3 Å². The summed E-state index contributed by atoms with van der Waals surface area (Å²) in [6, 6.07) is 6.71. The number of carboxylic acid groups (broad SMARTS) is 1. The standard InChI is InChI=1S/C15H20ClNO2/c16-12-9-7-11(8-10-12)14(15(18)19)17-13-5-3-1-2-4-6-13/h7-10,13-14,17H,1-6H2,(H,18,19). The summed E-state index contributed by atoms with van der Waals surface area (Å²) < 4.78 is 0. The normalized spacial score (nSPS) is 18.8. The van der Waals surface area contributed by atoms with Gasteiger partial charge in [-0.2, -0.15) is 0 Å². The van der Waals surface area contributed by atoms with Gasteiger partial charge in [-0.25, -0.2) is 0 Å². The molecule has 0 bridgehead atoms. The fourth-order valence-corrected chi connectivity index (χ4v) is 2.77. The molecule has 2 rings (SSSR count). The lowest BCUT2D eigenvalue weighted by Crippen LogP contribution is -2.36. The Morgan fingerprint density at radius 3 is 2.26 bits per heavy atom. The summed E-state index contributed by atoms with van der Waals surface area (Å²) in [5, 5.41) is 13.3. The molecular weight excluding hydrogens is 262 g/mol. The molecule has 19 heavy (non-hydrogen) atoms. The second kappa shape index (κ2) is 6.92. The minimum Gasteiger partial charge on any atom is -0.480 e. The van der Waals surface area contributed by atoms with E-state index in [9.17, 15) is 9.90 Å². The molecule has 0 aromatic heterocycles. The third-order valence-electron chi connectivity index (χ3n) is 3.71. The van der Waals surface area contributed by atoms with Crippen LogP contribution < -0.4 is 5.32 Å². The molecular formula is C15H20ClNO2. The molecule has 0 heterocycles. The largest absolute Gasteiger partial charge is 0.480 e. The van der Waals surface area contributed by atoms with Crippen LogP contribution in [0.5, 0.6) is 0 Å². The third-order valence-corrected chi connectivity index (χ3v) is 3.96. The summed E-state index contributed by atoms with van der Waals surface area (Å²) in [6.07, 6.45) is 7.03. The first-order valence-electron chi connectivity index (χ1n) is 6.91. The van der Waals surface area contributed by atoms with Crippen molar-refractivity contribution in [2.75, 3.05) is 0 Å². The number of hydrogen-bond acceptors (Lipinski definition) is 2. The highest BCUT2D eigenvalue weighted by molar-refractivity contribution is 6.30. The molecule has 0 spiro atoms. The van der Waals surface area contributed by atoms with E-state index in [2.05, 4.69) is 5.32 Å². The summed E-state index contributed by atoms with van der Waals surface area (Å²) in [5.41, 5.74) is 0.765. The quantitative estimate of drug-likeness (QED) is 0.826. The monoisotopic (exact) mass is 281 g/mol. The van der Waals surface area contributed by atoms with Crippen molar-refractivity contribution in [3.63, 3.8) is 0 Å². The van der Waals surface area contributed by atoms with Gasteiger partial charge < -0.3 is 5.11 Å². The number of rotatable bonds is 4. The summed E-state index contributed by atoms with van der Waals surface area (Å²) in [5.74, 6) is -0.827. The van der Waals surface area contributed by atoms with E-state index in [0.717, 1.165) is 18.4 Å². The molecule has 0 aliphatic heterocycles. The van der Waals surface area contributed by atoms with Gasteiger partial charge >= 0.3 is 5.97 Å². The van der Waals surface area contributed by atoms with Gasteiger partial charge in [-0.15, -0.1) is 0 Å². The van der Waals surface area contributed by atoms with Crippen LogP contribution in [0.4, 0.5) is 0 Å². The molecule has 1 saturated carbocycles. The topological polar surface area (TPSA) is 49.3 Å². The van der Waals surface area contributed by atoms with Gasteiger partial charge in [0.25, 0.3) is 0 Å². The first-order chi connectivity index (χ1) is 9.16. The van der Waals surface area contributed by atoms with E-state index < -0.39 is 12.0 Å². The van der Waals surface area contributed by atoms with Gasteiger partial charge in [0.15, 0.2) is 0 Å². The average molecular weight is 282 g/mol. The lowest BCUT2D eigenvalue weighted by atomic mass is 10.0. The lowest BCUT2D eigenvalue weighted by molar-refractivity contribution is -0.140. The molecule has 4 heteroatoms. The van der Waals surface area contributed by atoms with E-state index in [4.69, 9.17) is 11.6 Å². The second-order valence-corrected chi connectivity index (χ2v) is 5.61. The van der Waals surface area contributed by atoms with Crippen molar-refractivity contribution >= 4 is 17.6 Å². The summed E-state index contributed by atoms with van der Waals surface area (Å²) in [7, 11) is 0. The zero-order valence-corrected chi connectivity index (χ0v) is 11.7. The van der Waals surface area contributed by atoms with Gasteiger partial charge in [-0.05, 0) is 30.5 Å². The Morgan fingerprint density at radius 2 is 1.74 bits per heavy atom. The van der Waals surface area contributed by atoms with Crippen molar-refractivity contribution in [3.8, 4) is 0 Å². The zero-order chi connectivity index (χ0) is 13.7. The van der Waals surface area contributed by atoms with E-state index >= 15 is 0 Å². The average Bonchev–Trinajstić information content (AvgIpc) is 2.65. The number of nitrogens with one attached hydrogen (secondary N) is 1. The Hall–Kier alpha value is -1.06. The van der Waals surface area contributed by atoms with Crippen LogP contribution in [0.2, 0.25) is 5.02 Å². The minimum atomic E-state index is -0.827. The number of aliphatic carboxylic acids is 1. The molecule has 1 atom stereocenters. The summed E-state index contributed by atoms with van der Waals surface area (Å²) >= 11 is 5.84. The van der Waals surface area contributed by atoms with E-state index in [0.29, 0.717) is 11.1 Å². The number of carbonyl (C=O) groups is 1. The molecule has 1 fully saturated rings. The van der Waals surface area contributed by atoms with Gasteiger partial charge in [0.05, 0.1) is 0 Å². The van der Waals surface area contributed by atoms with Crippen LogP contribution >= 0.6 is 11.6 Å². The van der Waals surface area contributed by atoms with Crippen molar-refractivity contribution in [2.24, 2.45) is 0 Å². The molecule has 2 N–H and O–H groups in total. The van der Waals surface area contributed by atoms with E-state index in [1.54, 1.807) is 24.3 Å². The summed E-state index contributed by atoms with van der Waals surface area (Å²) in [6.45, 7) is 0. The van der Waals surface area contributed by atoms with E-state index in [1.807, 2.05) is 0 Å². The van der Waals surface area contributed by atoms with Crippen molar-refractivity contribution < 1.29 is 9.90 Å². The summed E-state index contributed by atoms with van der Waals surface area (Å²) in [4.78, 5) is 11.4. The molecule has 1 aliphatic carbocycles. The Kier molecular flexibility index (Phi) is 5.23. The Balaban J connectivity index is 2.07. The fraction of sp³-hybridized carbons (Fsp3) is 0.533. The molecule has 0 radical (unpaired) electrons. The first kappa shape index (κ1) is 14.4. The highest BCUT2D eigenvalue weighted by Gasteiger charge is 2.23. The zero-order valence-electron chi connectivity index (χ0n) is 10.9. The Labute approximate surface area is 119 Å². The van der Waals surface area contributed by atoms with Gasteiger partial charge in [0.1, 0.15) is 6.04 Å². The Bertz CT molecular complexity index is 411. The molecule has 0 amide bonds. The van der Waals surface area contributed by atoms with Gasteiger partial charge in [0, 0.05) is 11.1 Å². The van der Waals surface area contributed by atoms with E-state index in [1.165, 1.54) is 25.7 Å². The lowest BCUT2D eigenvalue weighted by Gasteiger charge is -2.22. The number of halogens is 1. The third kappa shape index (κ3) is 4.22. The maximum atomic E-state index is 11.4. The van der Waals surface area contributed by atoms with Gasteiger partial charge in [0.2, 0.25) is 0 Å². The molecule has 1 aliphatic rings. The van der Waals surface area contributed by atoms with Crippen molar-refractivity contribution in [2.45, 2.75) is 50.6 Å². The molecule has 1 aromatic carbocycles. The van der Waals surface area contributed by atoms with Crippen LogP contribution in [0.25, 0.3) is 0 Å². The minimum absolute atomic E-state index is 0.305. The maximum absolute atomic E-state index is 11.4. The number of benzene rings is 1. The highest BCUT2D eigenvalue weighted by atomic mass is 35.5. The first-order valence-corrected chi connectivity index (χ1v) is 7.29. The van der Waals surface area contributed by atoms with E-state index in [-0.39, 0.29) is 0 Å². The molecule has 0 saturated heterocycles. The smallest absolute Gasteiger partial charge is 0.325 e. The van der Waals surface area contributed by atoms with Crippen LogP contribution in [0, 0.1) is 0 Å². The van der Waals surface area contributed by atoms with Crippen molar-refractivity contribution in [1.29, 1.82) is 0 Å². The fourth-order valence-electron chi connectivity index (χ4n) is 2.65. The van der Waals surface area contributed by atoms with Crippen molar-refractivity contribution in [1.82, 2.24) is 5.32 Å². The van der Waals surface area contributed by atoms with Gasteiger partial charge in [-0.1, -0.05) is 49.4 Å². The molecule has 1 unspecified atom stereocenters. The van der Waals surface area contributed by atoms with Crippen LogP contribution in [0.3, 0.4) is 0 Å². The van der Waals surface area contributed by atoms with Crippen molar-refractivity contribution in [3.05, 3.63) is 34.9 Å². The van der Waals surface area contributed by atoms with Gasteiger partial charge in [-0.3, -0.25) is 10.1 Å². The number of carboxylic acids is 1. The number of hydrogen-bond donors (Lipinski definition) is 2. The maximum Gasteiger partial charge on any atom is 0.325 e. The second-order valence-electron chi connectivity index (χ2n) is 5.18. The van der Waals surface area contributed by atoms with Crippen LogP contribution in [-0.4, -0.2) is 17.1 Å².